The molecule has 0 heterocycles. The number of ketones is 2. The molecule has 0 spiro atoms. The maximum atomic E-state index is 12.6. The molecule has 1 aliphatic carbocycles. The summed E-state index contributed by atoms with van der Waals surface area (Å²) < 4.78 is 0. The lowest BCUT2D eigenvalue weighted by Gasteiger charge is -2.23. The molecule has 4 heteroatoms. The van der Waals surface area contributed by atoms with Gasteiger partial charge in [0.25, 0.3) is 0 Å². The van der Waals surface area contributed by atoms with Crippen LogP contribution in [0, 0.1) is 0 Å². The summed E-state index contributed by atoms with van der Waals surface area (Å²) in [4.78, 5) is 25.2. The van der Waals surface area contributed by atoms with Crippen molar-refractivity contribution in [1.29, 1.82) is 0 Å². The van der Waals surface area contributed by atoms with Crippen molar-refractivity contribution in [3.63, 3.8) is 0 Å². The van der Waals surface area contributed by atoms with Gasteiger partial charge in [-0.25, -0.2) is 0 Å². The van der Waals surface area contributed by atoms with Crippen LogP contribution in [0.1, 0.15) is 26.3 Å². The van der Waals surface area contributed by atoms with Crippen LogP contribution in [-0.2, 0) is 5.41 Å². The predicted octanol–water partition coefficient (Wildman–Crippen LogP) is 1.70. The van der Waals surface area contributed by atoms with E-state index in [0.29, 0.717) is 16.7 Å². The average molecular weight is 268 g/mol. The molecular formula is C16H12O4. The molecule has 2 aromatic rings. The van der Waals surface area contributed by atoms with Gasteiger partial charge in [-0.3, -0.25) is 9.59 Å². The van der Waals surface area contributed by atoms with E-state index in [0.717, 1.165) is 0 Å². The highest BCUT2D eigenvalue weighted by Crippen LogP contribution is 2.39. The summed E-state index contributed by atoms with van der Waals surface area (Å²) in [6, 6.07) is 12.3. The first-order valence-electron chi connectivity index (χ1n) is 6.20. The highest BCUT2D eigenvalue weighted by Gasteiger charge is 2.53. The number of carbonyl (C=O) groups excluding carboxylic acids is 2. The van der Waals surface area contributed by atoms with Gasteiger partial charge in [-0.15, -0.1) is 0 Å². The van der Waals surface area contributed by atoms with Gasteiger partial charge in [0.1, 0.15) is 11.2 Å². The lowest BCUT2D eigenvalue weighted by Crippen LogP contribution is -2.42. The van der Waals surface area contributed by atoms with Crippen molar-refractivity contribution >= 4 is 11.6 Å². The van der Waals surface area contributed by atoms with Crippen molar-refractivity contribution in [2.75, 3.05) is 6.61 Å². The molecule has 20 heavy (non-hydrogen) atoms. The number of aliphatic hydroxyl groups is 1. The Kier molecular flexibility index (Phi) is 2.69. The van der Waals surface area contributed by atoms with Crippen molar-refractivity contribution in [1.82, 2.24) is 0 Å². The third kappa shape index (κ3) is 1.45. The molecule has 3 rings (SSSR count). The Morgan fingerprint density at radius 1 is 0.850 bits per heavy atom. The van der Waals surface area contributed by atoms with E-state index in [-0.39, 0.29) is 5.75 Å². The van der Waals surface area contributed by atoms with Gasteiger partial charge in [0.2, 0.25) is 0 Å². The smallest absolute Gasteiger partial charge is 0.184 e. The molecule has 0 bridgehead atoms. The summed E-state index contributed by atoms with van der Waals surface area (Å²) in [5, 5.41) is 19.1. The van der Waals surface area contributed by atoms with Crippen molar-refractivity contribution in [2.24, 2.45) is 0 Å². The number of benzene rings is 2. The van der Waals surface area contributed by atoms with Crippen LogP contribution in [0.3, 0.4) is 0 Å². The minimum Gasteiger partial charge on any atom is -0.508 e. The largest absolute Gasteiger partial charge is 0.508 e. The first-order chi connectivity index (χ1) is 9.61. The molecule has 100 valence electrons. The Morgan fingerprint density at radius 2 is 1.35 bits per heavy atom. The fraction of sp³-hybridized carbons (Fsp3) is 0.125. The Labute approximate surface area is 115 Å². The third-order valence-electron chi connectivity index (χ3n) is 3.79. The summed E-state index contributed by atoms with van der Waals surface area (Å²) in [5.74, 6) is -0.755. The number of Topliss-reactive ketones (excluding diaryl/α,β-unsaturated/α-hetero) is 2. The van der Waals surface area contributed by atoms with E-state index >= 15 is 0 Å². The molecule has 2 aromatic carbocycles. The molecule has 0 amide bonds. The summed E-state index contributed by atoms with van der Waals surface area (Å²) in [7, 11) is 0. The fourth-order valence-electron chi connectivity index (χ4n) is 2.69. The fourth-order valence-corrected chi connectivity index (χ4v) is 2.69. The molecule has 2 N–H and O–H groups in total. The van der Waals surface area contributed by atoms with Crippen LogP contribution in [0.5, 0.6) is 5.75 Å². The number of aromatic hydroxyl groups is 1. The van der Waals surface area contributed by atoms with Crippen molar-refractivity contribution in [3.05, 3.63) is 65.2 Å². The lowest BCUT2D eigenvalue weighted by atomic mass is 9.77. The maximum Gasteiger partial charge on any atom is 0.184 e. The molecule has 0 aliphatic heterocycles. The van der Waals surface area contributed by atoms with Gasteiger partial charge < -0.3 is 10.2 Å². The zero-order valence-corrected chi connectivity index (χ0v) is 10.5. The molecule has 0 saturated carbocycles. The first kappa shape index (κ1) is 12.6. The van der Waals surface area contributed by atoms with Crippen LogP contribution in [-0.4, -0.2) is 28.4 Å². The predicted molar refractivity (Wildman–Crippen MR) is 72.0 cm³/mol. The van der Waals surface area contributed by atoms with Gasteiger partial charge in [0, 0.05) is 11.1 Å². The molecule has 4 nitrogen and oxygen atoms in total. The van der Waals surface area contributed by atoms with E-state index in [1.165, 1.54) is 24.3 Å². The molecule has 0 atom stereocenters. The normalized spacial score (nSPS) is 16.2. The van der Waals surface area contributed by atoms with Gasteiger partial charge in [-0.05, 0) is 17.7 Å². The minimum atomic E-state index is -1.59. The number of fused-ring (bicyclic) bond motifs is 1. The van der Waals surface area contributed by atoms with Crippen molar-refractivity contribution in [2.45, 2.75) is 5.41 Å². The number of phenols is 1. The standard InChI is InChI=1S/C16H12O4/c17-9-16(10-5-7-11(18)8-6-10)14(19)12-3-1-2-4-13(12)15(16)20/h1-8,17-18H,9H2. The van der Waals surface area contributed by atoms with Crippen LogP contribution in [0.15, 0.2) is 48.5 Å². The zero-order valence-electron chi connectivity index (χ0n) is 10.5. The number of phenolic OH excluding ortho intramolecular Hbond substituents is 1. The molecule has 0 radical (unpaired) electrons. The monoisotopic (exact) mass is 268 g/mol. The van der Waals surface area contributed by atoms with E-state index in [1.54, 1.807) is 24.3 Å². The first-order valence-corrected chi connectivity index (χ1v) is 6.20. The number of carbonyl (C=O) groups is 2. The second kappa shape index (κ2) is 4.28. The van der Waals surface area contributed by atoms with E-state index in [2.05, 4.69) is 0 Å². The maximum absolute atomic E-state index is 12.6. The molecule has 0 unspecified atom stereocenters. The topological polar surface area (TPSA) is 74.6 Å². The van der Waals surface area contributed by atoms with Crippen LogP contribution in [0.4, 0.5) is 0 Å². The molecular weight excluding hydrogens is 256 g/mol. The van der Waals surface area contributed by atoms with E-state index in [4.69, 9.17) is 0 Å². The summed E-state index contributed by atoms with van der Waals surface area (Å²) >= 11 is 0. The van der Waals surface area contributed by atoms with Crippen molar-refractivity contribution in [3.8, 4) is 5.75 Å². The highest BCUT2D eigenvalue weighted by atomic mass is 16.3. The van der Waals surface area contributed by atoms with Crippen LogP contribution in [0.2, 0.25) is 0 Å². The lowest BCUT2D eigenvalue weighted by molar-refractivity contribution is 0.0711. The molecule has 0 fully saturated rings. The number of hydrogen-bond acceptors (Lipinski definition) is 4. The van der Waals surface area contributed by atoms with E-state index in [9.17, 15) is 19.8 Å². The van der Waals surface area contributed by atoms with E-state index < -0.39 is 23.6 Å². The summed E-state index contributed by atoms with van der Waals surface area (Å²) in [6.07, 6.45) is 0. The average Bonchev–Trinajstić information content (AvgIpc) is 2.70. The Balaban J connectivity index is 2.23. The molecule has 0 aromatic heterocycles. The SMILES string of the molecule is O=C1c2ccccc2C(=O)C1(CO)c1ccc(O)cc1. The second-order valence-corrected chi connectivity index (χ2v) is 4.81. The van der Waals surface area contributed by atoms with Gasteiger partial charge in [0.15, 0.2) is 11.6 Å². The highest BCUT2D eigenvalue weighted by molar-refractivity contribution is 6.33. The summed E-state index contributed by atoms with van der Waals surface area (Å²) in [6.45, 7) is -0.593. The summed E-state index contributed by atoms with van der Waals surface area (Å²) in [5.41, 5.74) is -0.527. The Hall–Kier alpha value is -2.46. The van der Waals surface area contributed by atoms with Gasteiger partial charge in [-0.1, -0.05) is 36.4 Å². The number of aliphatic hydroxyl groups excluding tert-OH is 1. The van der Waals surface area contributed by atoms with Crippen LogP contribution < -0.4 is 0 Å². The van der Waals surface area contributed by atoms with Crippen molar-refractivity contribution < 1.29 is 19.8 Å². The number of rotatable bonds is 2. The van der Waals surface area contributed by atoms with Crippen LogP contribution >= 0.6 is 0 Å². The van der Waals surface area contributed by atoms with Crippen LogP contribution in [0.25, 0.3) is 0 Å². The second-order valence-electron chi connectivity index (χ2n) is 4.81. The Morgan fingerprint density at radius 3 is 1.80 bits per heavy atom. The van der Waals surface area contributed by atoms with Gasteiger partial charge in [0.05, 0.1) is 6.61 Å². The minimum absolute atomic E-state index is 0.0391. The van der Waals surface area contributed by atoms with E-state index in [1.807, 2.05) is 0 Å². The molecule has 1 aliphatic rings. The third-order valence-corrected chi connectivity index (χ3v) is 3.79. The quantitative estimate of drug-likeness (QED) is 0.813. The van der Waals surface area contributed by atoms with Gasteiger partial charge in [-0.2, -0.15) is 0 Å². The molecule has 0 saturated heterocycles. The van der Waals surface area contributed by atoms with Gasteiger partial charge >= 0.3 is 0 Å². The number of hydrogen-bond donors (Lipinski definition) is 2. The Bertz CT molecular complexity index is 666. The zero-order chi connectivity index (χ0) is 14.3.